The second kappa shape index (κ2) is 7.68. The molecule has 3 rings (SSSR count). The number of halogens is 2. The molecule has 0 unspecified atom stereocenters. The summed E-state index contributed by atoms with van der Waals surface area (Å²) < 4.78 is 10.4. The molecule has 134 valence electrons. The third kappa shape index (κ3) is 3.76. The van der Waals surface area contributed by atoms with Gasteiger partial charge in [-0.05, 0) is 24.3 Å². The molecule has 3 aromatic rings. The van der Waals surface area contributed by atoms with E-state index in [1.165, 1.54) is 14.2 Å². The summed E-state index contributed by atoms with van der Waals surface area (Å²) in [6.45, 7) is 0. The highest BCUT2D eigenvalue weighted by molar-refractivity contribution is 6.32. The van der Waals surface area contributed by atoms with Gasteiger partial charge >= 0.3 is 0 Å². The van der Waals surface area contributed by atoms with Crippen molar-refractivity contribution < 1.29 is 14.3 Å². The zero-order valence-electron chi connectivity index (χ0n) is 14.0. The van der Waals surface area contributed by atoms with Gasteiger partial charge in [0, 0.05) is 16.7 Å². The fourth-order valence-electron chi connectivity index (χ4n) is 2.38. The summed E-state index contributed by atoms with van der Waals surface area (Å²) in [6.07, 6.45) is 0. The Morgan fingerprint density at radius 3 is 2.54 bits per heavy atom. The minimum absolute atomic E-state index is 0.286. The number of hydrogen-bond acceptors (Lipinski definition) is 4. The van der Waals surface area contributed by atoms with Crippen LogP contribution in [0.5, 0.6) is 11.5 Å². The molecule has 1 amide bonds. The van der Waals surface area contributed by atoms with Crippen LogP contribution in [0, 0.1) is 0 Å². The van der Waals surface area contributed by atoms with Crippen LogP contribution in [0.25, 0.3) is 11.3 Å². The van der Waals surface area contributed by atoms with Crippen molar-refractivity contribution in [1.82, 2.24) is 10.2 Å². The topological polar surface area (TPSA) is 76.2 Å². The minimum atomic E-state index is -0.384. The van der Waals surface area contributed by atoms with E-state index in [-0.39, 0.29) is 11.6 Å². The first-order chi connectivity index (χ1) is 12.5. The lowest BCUT2D eigenvalue weighted by Crippen LogP contribution is -2.13. The number of aromatic nitrogens is 2. The number of nitrogens with one attached hydrogen (secondary N) is 2. The van der Waals surface area contributed by atoms with E-state index >= 15 is 0 Å². The standard InChI is InChI=1S/C18H15Cl2N3O3/c1-25-16-9-17(26-2)14(7-12(16)20)21-18(24)15-8-13(22-23-15)10-4-3-5-11(19)6-10/h3-9H,1-2H3,(H,21,24)(H,22,23). The summed E-state index contributed by atoms with van der Waals surface area (Å²) in [5, 5.41) is 10.6. The fourth-order valence-corrected chi connectivity index (χ4v) is 2.81. The summed E-state index contributed by atoms with van der Waals surface area (Å²) in [6, 6.07) is 12.0. The number of carbonyl (C=O) groups is 1. The van der Waals surface area contributed by atoms with E-state index in [1.54, 1.807) is 30.3 Å². The third-order valence-electron chi connectivity index (χ3n) is 3.66. The lowest BCUT2D eigenvalue weighted by atomic mass is 10.1. The summed E-state index contributed by atoms with van der Waals surface area (Å²) in [5.74, 6) is 0.491. The van der Waals surface area contributed by atoms with Crippen molar-refractivity contribution in [2.75, 3.05) is 19.5 Å². The first-order valence-electron chi connectivity index (χ1n) is 7.56. The number of amides is 1. The maximum Gasteiger partial charge on any atom is 0.273 e. The molecular formula is C18H15Cl2N3O3. The largest absolute Gasteiger partial charge is 0.495 e. The highest BCUT2D eigenvalue weighted by Gasteiger charge is 2.16. The first kappa shape index (κ1) is 18.1. The van der Waals surface area contributed by atoms with Gasteiger partial charge in [0.15, 0.2) is 0 Å². The van der Waals surface area contributed by atoms with Gasteiger partial charge in [-0.2, -0.15) is 5.10 Å². The van der Waals surface area contributed by atoms with E-state index < -0.39 is 0 Å². The van der Waals surface area contributed by atoms with Crippen molar-refractivity contribution in [1.29, 1.82) is 0 Å². The first-order valence-corrected chi connectivity index (χ1v) is 8.31. The molecule has 0 saturated heterocycles. The van der Waals surface area contributed by atoms with Crippen LogP contribution < -0.4 is 14.8 Å². The summed E-state index contributed by atoms with van der Waals surface area (Å²) in [7, 11) is 2.99. The Labute approximate surface area is 160 Å². The molecule has 8 heteroatoms. The number of anilines is 1. The van der Waals surface area contributed by atoms with Gasteiger partial charge in [-0.15, -0.1) is 0 Å². The Morgan fingerprint density at radius 2 is 1.85 bits per heavy atom. The second-order valence-corrected chi connectivity index (χ2v) is 6.16. The molecule has 0 radical (unpaired) electrons. The molecule has 0 fully saturated rings. The third-order valence-corrected chi connectivity index (χ3v) is 4.20. The normalized spacial score (nSPS) is 10.5. The summed E-state index contributed by atoms with van der Waals surface area (Å²) in [4.78, 5) is 12.5. The minimum Gasteiger partial charge on any atom is -0.495 e. The molecule has 2 aromatic carbocycles. The van der Waals surface area contributed by atoms with Gasteiger partial charge in [0.05, 0.1) is 30.6 Å². The van der Waals surface area contributed by atoms with Crippen LogP contribution in [-0.4, -0.2) is 30.3 Å². The molecule has 0 bridgehead atoms. The number of methoxy groups -OCH3 is 2. The van der Waals surface area contributed by atoms with Crippen molar-refractivity contribution in [3.8, 4) is 22.8 Å². The van der Waals surface area contributed by atoms with Crippen LogP contribution in [0.3, 0.4) is 0 Å². The van der Waals surface area contributed by atoms with Crippen molar-refractivity contribution in [2.45, 2.75) is 0 Å². The highest BCUT2D eigenvalue weighted by Crippen LogP contribution is 2.36. The van der Waals surface area contributed by atoms with Crippen LogP contribution >= 0.6 is 23.2 Å². The van der Waals surface area contributed by atoms with Gasteiger partial charge in [-0.25, -0.2) is 0 Å². The molecule has 26 heavy (non-hydrogen) atoms. The van der Waals surface area contributed by atoms with E-state index in [4.69, 9.17) is 32.7 Å². The van der Waals surface area contributed by atoms with Crippen LogP contribution in [0.2, 0.25) is 10.0 Å². The quantitative estimate of drug-likeness (QED) is 0.663. The van der Waals surface area contributed by atoms with Gasteiger partial charge in [0.2, 0.25) is 0 Å². The fraction of sp³-hybridized carbons (Fsp3) is 0.111. The van der Waals surface area contributed by atoms with Crippen molar-refractivity contribution >= 4 is 34.8 Å². The number of H-pyrrole nitrogens is 1. The van der Waals surface area contributed by atoms with E-state index in [2.05, 4.69) is 15.5 Å². The van der Waals surface area contributed by atoms with Gasteiger partial charge in [-0.1, -0.05) is 35.3 Å². The number of hydrogen-bond donors (Lipinski definition) is 2. The van der Waals surface area contributed by atoms with Crippen LogP contribution in [-0.2, 0) is 0 Å². The maximum absolute atomic E-state index is 12.5. The average Bonchev–Trinajstić information content (AvgIpc) is 3.12. The number of nitrogens with zero attached hydrogens (tertiary/aromatic N) is 1. The van der Waals surface area contributed by atoms with E-state index in [0.717, 1.165) is 5.56 Å². The second-order valence-electron chi connectivity index (χ2n) is 5.32. The summed E-state index contributed by atoms with van der Waals surface area (Å²) in [5.41, 5.74) is 2.12. The Hall–Kier alpha value is -2.70. The molecular weight excluding hydrogens is 377 g/mol. The zero-order chi connectivity index (χ0) is 18.7. The molecule has 0 atom stereocenters. The van der Waals surface area contributed by atoms with Crippen molar-refractivity contribution in [3.63, 3.8) is 0 Å². The van der Waals surface area contributed by atoms with E-state index in [1.807, 2.05) is 12.1 Å². The zero-order valence-corrected chi connectivity index (χ0v) is 15.5. The number of carbonyl (C=O) groups excluding carboxylic acids is 1. The van der Waals surface area contributed by atoms with Gasteiger partial charge < -0.3 is 14.8 Å². The maximum atomic E-state index is 12.5. The van der Waals surface area contributed by atoms with Gasteiger partial charge in [0.25, 0.3) is 5.91 Å². The van der Waals surface area contributed by atoms with Gasteiger partial charge in [0.1, 0.15) is 17.2 Å². The molecule has 0 aliphatic heterocycles. The van der Waals surface area contributed by atoms with E-state index in [0.29, 0.717) is 32.9 Å². The van der Waals surface area contributed by atoms with Crippen molar-refractivity contribution in [2.24, 2.45) is 0 Å². The van der Waals surface area contributed by atoms with Crippen LogP contribution in [0.1, 0.15) is 10.5 Å². The highest BCUT2D eigenvalue weighted by atomic mass is 35.5. The number of rotatable bonds is 5. The predicted molar refractivity (Wildman–Crippen MR) is 102 cm³/mol. The number of ether oxygens (including phenoxy) is 2. The lowest BCUT2D eigenvalue weighted by molar-refractivity contribution is 0.102. The predicted octanol–water partition coefficient (Wildman–Crippen LogP) is 4.65. The number of aromatic amines is 1. The molecule has 1 heterocycles. The lowest BCUT2D eigenvalue weighted by Gasteiger charge is -2.12. The van der Waals surface area contributed by atoms with Gasteiger partial charge in [-0.3, -0.25) is 9.89 Å². The monoisotopic (exact) mass is 391 g/mol. The summed E-state index contributed by atoms with van der Waals surface area (Å²) >= 11 is 12.1. The van der Waals surface area contributed by atoms with Crippen molar-refractivity contribution in [3.05, 3.63) is 58.2 Å². The molecule has 2 N–H and O–H groups in total. The average molecular weight is 392 g/mol. The molecule has 0 saturated carbocycles. The van der Waals surface area contributed by atoms with E-state index in [9.17, 15) is 4.79 Å². The van der Waals surface area contributed by atoms with Crippen LogP contribution in [0.15, 0.2) is 42.5 Å². The Bertz CT molecular complexity index is 957. The number of benzene rings is 2. The SMILES string of the molecule is COc1cc(OC)c(NC(=O)c2cc(-c3cccc(Cl)c3)n[nH]2)cc1Cl. The Balaban J connectivity index is 1.84. The smallest absolute Gasteiger partial charge is 0.273 e. The molecule has 6 nitrogen and oxygen atoms in total. The Kier molecular flexibility index (Phi) is 5.35. The molecule has 0 spiro atoms. The molecule has 0 aliphatic rings. The van der Waals surface area contributed by atoms with Crippen LogP contribution in [0.4, 0.5) is 5.69 Å². The molecule has 0 aliphatic carbocycles. The molecule has 1 aromatic heterocycles. The Morgan fingerprint density at radius 1 is 1.08 bits per heavy atom.